The smallest absolute Gasteiger partial charge is 0.355 e. The van der Waals surface area contributed by atoms with Crippen LogP contribution in [0.2, 0.25) is 0 Å². The average Bonchev–Trinajstić information content (AvgIpc) is 2.83. The van der Waals surface area contributed by atoms with E-state index in [1.165, 1.54) is 6.20 Å². The summed E-state index contributed by atoms with van der Waals surface area (Å²) in [5.41, 5.74) is 0.0501. The number of aromatic nitrogens is 2. The highest BCUT2D eigenvalue weighted by Gasteiger charge is 2.37. The predicted molar refractivity (Wildman–Crippen MR) is 53.2 cm³/mol. The van der Waals surface area contributed by atoms with Crippen LogP contribution >= 0.6 is 15.9 Å². The highest BCUT2D eigenvalue weighted by atomic mass is 79.9. The summed E-state index contributed by atoms with van der Waals surface area (Å²) in [6.07, 6.45) is 2.57. The fraction of sp³-hybridized carbons (Fsp3) is 0.444. The summed E-state index contributed by atoms with van der Waals surface area (Å²) >= 11 is 3.11. The van der Waals surface area contributed by atoms with Gasteiger partial charge in [0.1, 0.15) is 5.82 Å². The van der Waals surface area contributed by atoms with Crippen molar-refractivity contribution >= 4 is 21.9 Å². The zero-order valence-corrected chi connectivity index (χ0v) is 9.15. The van der Waals surface area contributed by atoms with Crippen molar-refractivity contribution in [3.63, 3.8) is 0 Å². The second kappa shape index (κ2) is 3.31. The molecule has 1 aliphatic rings. The number of halogens is 1. The molecule has 4 nitrogen and oxygen atoms in total. The lowest BCUT2D eigenvalue weighted by molar-refractivity contribution is 0.0688. The maximum Gasteiger partial charge on any atom is 0.355 e. The third kappa shape index (κ3) is 1.64. The molecule has 1 aromatic rings. The van der Waals surface area contributed by atoms with Gasteiger partial charge in [0.15, 0.2) is 5.69 Å². The van der Waals surface area contributed by atoms with E-state index in [1.54, 1.807) is 0 Å². The van der Waals surface area contributed by atoms with Crippen molar-refractivity contribution in [2.45, 2.75) is 19.3 Å². The third-order valence-electron chi connectivity index (χ3n) is 2.41. The van der Waals surface area contributed by atoms with E-state index in [-0.39, 0.29) is 5.69 Å². The van der Waals surface area contributed by atoms with Gasteiger partial charge in [-0.1, -0.05) is 6.92 Å². The fourth-order valence-corrected chi connectivity index (χ4v) is 1.75. The summed E-state index contributed by atoms with van der Waals surface area (Å²) < 4.78 is 0.432. The van der Waals surface area contributed by atoms with Crippen molar-refractivity contribution in [3.8, 4) is 0 Å². The molecule has 1 saturated carbocycles. The van der Waals surface area contributed by atoms with E-state index in [4.69, 9.17) is 5.11 Å². The van der Waals surface area contributed by atoms with Crippen molar-refractivity contribution in [2.24, 2.45) is 5.92 Å². The van der Waals surface area contributed by atoms with E-state index in [2.05, 4.69) is 32.8 Å². The van der Waals surface area contributed by atoms with Gasteiger partial charge in [-0.2, -0.15) is 0 Å². The first-order valence-electron chi connectivity index (χ1n) is 4.35. The normalized spacial score (nSPS) is 24.7. The monoisotopic (exact) mass is 256 g/mol. The molecule has 5 heteroatoms. The number of carboxylic acids is 1. The Bertz CT molecular complexity index is 394. The summed E-state index contributed by atoms with van der Waals surface area (Å²) in [4.78, 5) is 18.9. The van der Waals surface area contributed by atoms with E-state index in [1.807, 2.05) is 0 Å². The Kier molecular flexibility index (Phi) is 2.26. The lowest BCUT2D eigenvalue weighted by Crippen LogP contribution is -2.05. The molecule has 1 heterocycles. The van der Waals surface area contributed by atoms with Crippen LogP contribution in [0.15, 0.2) is 10.7 Å². The van der Waals surface area contributed by atoms with E-state index in [0.29, 0.717) is 22.1 Å². The first-order chi connectivity index (χ1) is 6.59. The lowest BCUT2D eigenvalue weighted by Gasteiger charge is -2.00. The molecule has 0 spiro atoms. The minimum atomic E-state index is -1.02. The fourth-order valence-electron chi connectivity index (χ4n) is 1.39. The SMILES string of the molecule is CC1CC1c1ncc(Br)c(C(=O)O)n1. The number of aromatic carboxylic acids is 1. The van der Waals surface area contributed by atoms with Gasteiger partial charge >= 0.3 is 5.97 Å². The molecule has 1 aromatic heterocycles. The van der Waals surface area contributed by atoms with Crippen molar-refractivity contribution in [3.05, 3.63) is 22.2 Å². The van der Waals surface area contributed by atoms with Gasteiger partial charge in [-0.3, -0.25) is 0 Å². The van der Waals surface area contributed by atoms with Gasteiger partial charge in [-0.25, -0.2) is 14.8 Å². The third-order valence-corrected chi connectivity index (χ3v) is 2.99. The molecule has 2 atom stereocenters. The molecule has 1 N–H and O–H groups in total. The summed E-state index contributed by atoms with van der Waals surface area (Å²) in [6.45, 7) is 2.11. The first kappa shape index (κ1) is 9.58. The van der Waals surface area contributed by atoms with E-state index in [0.717, 1.165) is 6.42 Å². The van der Waals surface area contributed by atoms with E-state index < -0.39 is 5.97 Å². The maximum absolute atomic E-state index is 10.8. The second-order valence-corrected chi connectivity index (χ2v) is 4.40. The molecule has 1 fully saturated rings. The van der Waals surface area contributed by atoms with Crippen molar-refractivity contribution in [2.75, 3.05) is 0 Å². The van der Waals surface area contributed by atoms with Crippen molar-refractivity contribution in [1.29, 1.82) is 0 Å². The molecule has 0 bridgehead atoms. The van der Waals surface area contributed by atoms with Crippen molar-refractivity contribution in [1.82, 2.24) is 9.97 Å². The summed E-state index contributed by atoms with van der Waals surface area (Å²) in [6, 6.07) is 0. The van der Waals surface area contributed by atoms with Gasteiger partial charge < -0.3 is 5.11 Å². The number of carbonyl (C=O) groups is 1. The van der Waals surface area contributed by atoms with Crippen LogP contribution in [0.4, 0.5) is 0 Å². The maximum atomic E-state index is 10.8. The number of nitrogens with zero attached hydrogens (tertiary/aromatic N) is 2. The summed E-state index contributed by atoms with van der Waals surface area (Å²) in [5.74, 6) is 0.561. The largest absolute Gasteiger partial charge is 0.476 e. The second-order valence-electron chi connectivity index (χ2n) is 3.55. The van der Waals surface area contributed by atoms with Crippen LogP contribution in [0.1, 0.15) is 35.6 Å². The van der Waals surface area contributed by atoms with Crippen LogP contribution in [0.5, 0.6) is 0 Å². The molecule has 0 aromatic carbocycles. The molecular weight excluding hydrogens is 248 g/mol. The van der Waals surface area contributed by atoms with Gasteiger partial charge in [-0.05, 0) is 28.3 Å². The molecule has 0 amide bonds. The predicted octanol–water partition coefficient (Wildman–Crippen LogP) is 2.06. The minimum Gasteiger partial charge on any atom is -0.476 e. The van der Waals surface area contributed by atoms with Crippen LogP contribution in [0, 0.1) is 5.92 Å². The quantitative estimate of drug-likeness (QED) is 0.880. The highest BCUT2D eigenvalue weighted by molar-refractivity contribution is 9.10. The van der Waals surface area contributed by atoms with Gasteiger partial charge in [0, 0.05) is 12.1 Å². The Hall–Kier alpha value is -0.970. The van der Waals surface area contributed by atoms with E-state index in [9.17, 15) is 4.79 Å². The van der Waals surface area contributed by atoms with Crippen LogP contribution in [-0.2, 0) is 0 Å². The molecule has 2 unspecified atom stereocenters. The van der Waals surface area contributed by atoms with Crippen molar-refractivity contribution < 1.29 is 9.90 Å². The zero-order chi connectivity index (χ0) is 10.3. The number of hydrogen-bond acceptors (Lipinski definition) is 3. The summed E-state index contributed by atoms with van der Waals surface area (Å²) in [5, 5.41) is 8.84. The van der Waals surface area contributed by atoms with E-state index >= 15 is 0 Å². The number of carboxylic acid groups (broad SMARTS) is 1. The van der Waals surface area contributed by atoms with Gasteiger partial charge in [0.2, 0.25) is 0 Å². The molecule has 2 rings (SSSR count). The average molecular weight is 257 g/mol. The standard InChI is InChI=1S/C9H9BrN2O2/c1-4-2-5(4)8-11-3-6(10)7(12-8)9(13)14/h3-5H,2H2,1H3,(H,13,14). The number of hydrogen-bond donors (Lipinski definition) is 1. The number of rotatable bonds is 2. The van der Waals surface area contributed by atoms with Gasteiger partial charge in [0.05, 0.1) is 4.47 Å². The molecule has 1 aliphatic carbocycles. The Labute approximate surface area is 89.5 Å². The van der Waals surface area contributed by atoms with Crippen LogP contribution in [-0.4, -0.2) is 21.0 Å². The first-order valence-corrected chi connectivity index (χ1v) is 5.14. The Morgan fingerprint density at radius 2 is 2.36 bits per heavy atom. The lowest BCUT2D eigenvalue weighted by atomic mass is 10.3. The van der Waals surface area contributed by atoms with Crippen LogP contribution in [0.25, 0.3) is 0 Å². The molecule has 0 radical (unpaired) electrons. The van der Waals surface area contributed by atoms with Gasteiger partial charge in [0.25, 0.3) is 0 Å². The minimum absolute atomic E-state index is 0.0501. The molecular formula is C9H9BrN2O2. The molecule has 74 valence electrons. The van der Waals surface area contributed by atoms with Gasteiger partial charge in [-0.15, -0.1) is 0 Å². The Balaban J connectivity index is 2.36. The van der Waals surface area contributed by atoms with Crippen LogP contribution in [0.3, 0.4) is 0 Å². The Morgan fingerprint density at radius 1 is 1.71 bits per heavy atom. The molecule has 14 heavy (non-hydrogen) atoms. The van der Waals surface area contributed by atoms with Crippen LogP contribution < -0.4 is 0 Å². The highest BCUT2D eigenvalue weighted by Crippen LogP contribution is 2.45. The summed E-state index contributed by atoms with van der Waals surface area (Å²) in [7, 11) is 0. The Morgan fingerprint density at radius 3 is 2.86 bits per heavy atom. The molecule has 0 saturated heterocycles. The molecule has 0 aliphatic heterocycles. The zero-order valence-electron chi connectivity index (χ0n) is 7.57. The topological polar surface area (TPSA) is 63.1 Å².